The van der Waals surface area contributed by atoms with E-state index in [4.69, 9.17) is 0 Å². The molecule has 0 heterocycles. The van der Waals surface area contributed by atoms with Crippen molar-refractivity contribution in [3.63, 3.8) is 0 Å². The van der Waals surface area contributed by atoms with E-state index in [0.717, 1.165) is 0 Å². The second kappa shape index (κ2) is 20.7. The van der Waals surface area contributed by atoms with E-state index in [0.29, 0.717) is 0 Å². The maximum atomic E-state index is 14.2. The first-order chi connectivity index (χ1) is 34.7. The zero-order valence-corrected chi connectivity index (χ0v) is 38.2. The Bertz CT molecular complexity index is 2600. The van der Waals surface area contributed by atoms with Crippen molar-refractivity contribution >= 4 is 51.8 Å². The third-order valence-corrected chi connectivity index (χ3v) is 14.4. The van der Waals surface area contributed by atoms with Gasteiger partial charge in [0.1, 0.15) is 22.1 Å². The lowest BCUT2D eigenvalue weighted by Crippen LogP contribution is -2.75. The summed E-state index contributed by atoms with van der Waals surface area (Å²) in [5.74, 6) is 0. The van der Waals surface area contributed by atoms with E-state index in [1.165, 1.54) is 15.9 Å². The summed E-state index contributed by atoms with van der Waals surface area (Å²) in [5.41, 5.74) is -30.2. The molecule has 7 aromatic carbocycles. The summed E-state index contributed by atoms with van der Waals surface area (Å²) in [4.78, 5) is 0. The van der Waals surface area contributed by atoms with Gasteiger partial charge in [-0.1, -0.05) is 103 Å². The molecule has 0 aromatic heterocycles. The monoisotopic (exact) mass is 1130 g/mol. The Balaban J connectivity index is 0.000000408. The minimum absolute atomic E-state index is 0.691. The van der Waals surface area contributed by atoms with E-state index < -0.39 is 203 Å². The van der Waals surface area contributed by atoms with Crippen molar-refractivity contribution in [1.29, 1.82) is 0 Å². The topological polar surface area (TPSA) is 0 Å². The summed E-state index contributed by atoms with van der Waals surface area (Å²) in [6.45, 7) is 0. The summed E-state index contributed by atoms with van der Waals surface area (Å²) in [6.07, 6.45) is -54.8. The van der Waals surface area contributed by atoms with Crippen molar-refractivity contribution in [3.05, 3.63) is 208 Å². The predicted octanol–water partition coefficient (Wildman–Crippen LogP) is 14.4. The molecule has 0 radical (unpaired) electrons. The predicted molar refractivity (Wildman–Crippen MR) is 237 cm³/mol. The van der Waals surface area contributed by atoms with Crippen molar-refractivity contribution < 1.29 is 105 Å². The molecule has 7 rings (SSSR count). The van der Waals surface area contributed by atoms with Gasteiger partial charge in [0.2, 0.25) is 0 Å². The Morgan fingerprint density at radius 3 is 0.487 bits per heavy atom. The molecule has 0 N–H and O–H groups in total. The minimum Gasteiger partial charge on any atom is -0.194 e. The third kappa shape index (κ3) is 13.3. The molecular weight excluding hydrogens is 1100 g/mol. The van der Waals surface area contributed by atoms with Crippen LogP contribution in [0.5, 0.6) is 0 Å². The van der Waals surface area contributed by atoms with Crippen LogP contribution in [0.4, 0.5) is 105 Å². The van der Waals surface area contributed by atoms with E-state index >= 15 is 0 Å². The molecule has 0 saturated carbocycles. The van der Waals surface area contributed by atoms with Crippen LogP contribution >= 0.6 is 7.92 Å². The second-order valence-corrected chi connectivity index (χ2v) is 19.2. The first kappa shape index (κ1) is 58.6. The van der Waals surface area contributed by atoms with Gasteiger partial charge in [0.15, 0.2) is 0 Å². The molecule has 76 heavy (non-hydrogen) atoms. The molecule has 26 heteroatoms. The van der Waals surface area contributed by atoms with Crippen molar-refractivity contribution in [2.75, 3.05) is 0 Å². The number of halogens is 24. The highest BCUT2D eigenvalue weighted by atomic mass is 31.1. The van der Waals surface area contributed by atoms with Gasteiger partial charge in [0, 0.05) is 0 Å². The maximum Gasteiger partial charge on any atom is 0.416 e. The smallest absolute Gasteiger partial charge is 0.194 e. The van der Waals surface area contributed by atoms with E-state index in [9.17, 15) is 105 Å². The molecular formula is C50H28BF24P. The average molecular weight is 1130 g/mol. The molecule has 0 bridgehead atoms. The van der Waals surface area contributed by atoms with Crippen molar-refractivity contribution in [2.45, 2.75) is 49.4 Å². The molecule has 0 aliphatic carbocycles. The van der Waals surface area contributed by atoms with Crippen molar-refractivity contribution in [3.8, 4) is 0 Å². The second-order valence-electron chi connectivity index (χ2n) is 16.7. The summed E-state index contributed by atoms with van der Waals surface area (Å²) in [7, 11) is -0.877. The molecule has 7 aromatic rings. The van der Waals surface area contributed by atoms with Crippen LogP contribution in [0.3, 0.4) is 0 Å². The quantitative estimate of drug-likeness (QED) is 0.0848. The Labute approximate surface area is 414 Å². The van der Waals surface area contributed by atoms with Gasteiger partial charge in [-0.15, -0.1) is 0 Å². The Hall–Kier alpha value is -6.65. The van der Waals surface area contributed by atoms with E-state index in [1.54, 1.807) is 0 Å². The number of alkyl halides is 24. The van der Waals surface area contributed by atoms with Gasteiger partial charge in [-0.2, -0.15) is 127 Å². The summed E-state index contributed by atoms with van der Waals surface area (Å²) in [5, 5.41) is 4.31. The van der Waals surface area contributed by atoms with Gasteiger partial charge in [0.25, 0.3) is 0 Å². The van der Waals surface area contributed by atoms with Crippen LogP contribution in [0.2, 0.25) is 0 Å². The van der Waals surface area contributed by atoms with Gasteiger partial charge in [-0.3, -0.25) is 0 Å². The SMILES string of the molecule is FC(F)(F)c1cc([B-](c2cc(C(F)(F)F)cc(C(F)(F)F)c2)(c2cc(C(F)(F)F)cc(C(F)(F)F)c2)c2cc(C(F)(F)F)cc(C(F)(F)F)c2)cc(C(F)(F)F)c1.c1ccc([PH+](c2ccccc2)c2ccccc2)cc1. The number of hydrogen-bond acceptors (Lipinski definition) is 0. The third-order valence-electron chi connectivity index (χ3n) is 11.6. The van der Waals surface area contributed by atoms with Crippen LogP contribution in [-0.2, 0) is 49.4 Å². The van der Waals surface area contributed by atoms with Crippen LogP contribution < -0.4 is 37.8 Å². The fraction of sp³-hybridized carbons (Fsp3) is 0.160. The molecule has 0 aliphatic rings. The highest BCUT2D eigenvalue weighted by Crippen LogP contribution is 2.42. The minimum atomic E-state index is -6.13. The molecule has 0 atom stereocenters. The first-order valence-corrected chi connectivity index (χ1v) is 22.6. The first-order valence-electron chi connectivity index (χ1n) is 21.1. The van der Waals surface area contributed by atoms with Gasteiger partial charge < -0.3 is 0 Å². The average Bonchev–Trinajstić information content (AvgIpc) is 3.31. The highest BCUT2D eigenvalue weighted by molar-refractivity contribution is 7.79. The molecule has 0 unspecified atom stereocenters. The van der Waals surface area contributed by atoms with Crippen molar-refractivity contribution in [2.24, 2.45) is 0 Å². The van der Waals surface area contributed by atoms with Crippen LogP contribution in [0.1, 0.15) is 44.5 Å². The maximum absolute atomic E-state index is 14.2. The highest BCUT2D eigenvalue weighted by Gasteiger charge is 2.47. The molecule has 0 spiro atoms. The molecule has 0 amide bonds. The number of benzene rings is 7. The fourth-order valence-corrected chi connectivity index (χ4v) is 11.0. The molecule has 0 saturated heterocycles. The Morgan fingerprint density at radius 2 is 0.355 bits per heavy atom. The molecule has 0 aliphatic heterocycles. The lowest BCUT2D eigenvalue weighted by atomic mass is 9.12. The van der Waals surface area contributed by atoms with Gasteiger partial charge in [0.05, 0.1) is 52.4 Å². The van der Waals surface area contributed by atoms with Crippen LogP contribution in [0.15, 0.2) is 164 Å². The Morgan fingerprint density at radius 1 is 0.211 bits per heavy atom. The van der Waals surface area contributed by atoms with Crippen LogP contribution in [0.25, 0.3) is 0 Å². The van der Waals surface area contributed by atoms with Crippen LogP contribution in [-0.4, -0.2) is 6.15 Å². The summed E-state index contributed by atoms with van der Waals surface area (Å²) in [6, 6.07) is 23.7. The van der Waals surface area contributed by atoms with E-state index in [2.05, 4.69) is 91.0 Å². The van der Waals surface area contributed by atoms with Gasteiger partial charge in [-0.25, -0.2) is 0 Å². The summed E-state index contributed by atoms with van der Waals surface area (Å²) < 4.78 is 341. The fourth-order valence-electron chi connectivity index (χ4n) is 8.39. The Kier molecular flexibility index (Phi) is 16.0. The lowest BCUT2D eigenvalue weighted by molar-refractivity contribution is -0.144. The molecule has 404 valence electrons. The normalized spacial score (nSPS) is 13.4. The zero-order valence-electron chi connectivity index (χ0n) is 37.2. The summed E-state index contributed by atoms with van der Waals surface area (Å²) >= 11 is 0. The number of rotatable bonds is 7. The van der Waals surface area contributed by atoms with Gasteiger partial charge >= 0.3 is 49.4 Å². The number of hydrogen-bond donors (Lipinski definition) is 0. The van der Waals surface area contributed by atoms with Crippen molar-refractivity contribution in [1.82, 2.24) is 0 Å². The largest absolute Gasteiger partial charge is 0.416 e. The standard InChI is InChI=1S/C32H12BF24.C18H15P/c34-25(35,36)13-1-14(26(37,38)39)6-21(5-13)33(22-7-15(27(40,41)42)2-16(8-22)28(43,44)45,23-9-17(29(46,47)48)3-18(10-23)30(49,50)51)24-11-19(31(52,53)54)4-20(12-24)32(55,56)57;1-4-10-16(11-5-1)19(17-12-6-2-7-13-17)18-14-8-3-9-15-18/h1-12H;1-15H/q-1;/p+1. The molecule has 0 nitrogen and oxygen atoms in total. The van der Waals surface area contributed by atoms with Crippen LogP contribution in [0, 0.1) is 0 Å². The lowest BCUT2D eigenvalue weighted by Gasteiger charge is -2.46. The zero-order chi connectivity index (χ0) is 56.8. The van der Waals surface area contributed by atoms with E-state index in [1.807, 2.05) is 0 Å². The van der Waals surface area contributed by atoms with Gasteiger partial charge in [-0.05, 0) is 60.7 Å². The molecule has 0 fully saturated rings. The van der Waals surface area contributed by atoms with E-state index in [-0.39, 0.29) is 0 Å².